The molecule has 12 heavy (non-hydrogen) atoms. The molecular weight excluding hydrogens is 174 g/mol. The summed E-state index contributed by atoms with van der Waals surface area (Å²) in [5.74, 6) is 0.220. The molecule has 0 aromatic rings. The number of Topliss-reactive ketones (excluding diaryl/α,β-unsaturated/α-hetero) is 1. The van der Waals surface area contributed by atoms with Crippen molar-refractivity contribution in [3.8, 4) is 6.07 Å². The molecule has 0 N–H and O–H groups in total. The predicted octanol–water partition coefficient (Wildman–Crippen LogP) is 1.88. The average Bonchev–Trinajstić information content (AvgIpc) is 2.16. The first kappa shape index (κ1) is 8.07. The quantitative estimate of drug-likeness (QED) is 0.538. The van der Waals surface area contributed by atoms with Gasteiger partial charge in [0.2, 0.25) is 0 Å². The molecule has 64 valence electrons. The minimum atomic E-state index is -1.15. The summed E-state index contributed by atoms with van der Waals surface area (Å²) in [6.45, 7) is 0. The molecule has 0 spiro atoms. The maximum Gasteiger partial charge on any atom is 0.192 e. The van der Waals surface area contributed by atoms with Crippen molar-refractivity contribution in [3.05, 3.63) is 0 Å². The number of carbonyl (C=O) groups excluding carboxylic acids is 1. The first-order valence-corrected chi connectivity index (χ1v) is 4.72. The maximum absolute atomic E-state index is 11.4. The maximum atomic E-state index is 11.4. The van der Waals surface area contributed by atoms with E-state index in [9.17, 15) is 4.79 Å². The molecule has 2 fully saturated rings. The van der Waals surface area contributed by atoms with Gasteiger partial charge in [-0.25, -0.2) is 0 Å². The van der Waals surface area contributed by atoms with E-state index in [4.69, 9.17) is 16.9 Å². The zero-order valence-corrected chi connectivity index (χ0v) is 7.47. The molecule has 0 radical (unpaired) electrons. The molecule has 0 aliphatic heterocycles. The number of alkyl halides is 1. The van der Waals surface area contributed by atoms with Crippen LogP contribution < -0.4 is 0 Å². The summed E-state index contributed by atoms with van der Waals surface area (Å²) in [7, 11) is 0. The first-order chi connectivity index (χ1) is 5.70. The van der Waals surface area contributed by atoms with Crippen molar-refractivity contribution in [2.24, 2.45) is 11.8 Å². The van der Waals surface area contributed by atoms with Gasteiger partial charge in [-0.3, -0.25) is 4.79 Å². The van der Waals surface area contributed by atoms with Crippen LogP contribution in [0.1, 0.15) is 25.7 Å². The number of halogens is 1. The van der Waals surface area contributed by atoms with Gasteiger partial charge in [-0.2, -0.15) is 5.26 Å². The van der Waals surface area contributed by atoms with Gasteiger partial charge < -0.3 is 0 Å². The summed E-state index contributed by atoms with van der Waals surface area (Å²) < 4.78 is 0. The van der Waals surface area contributed by atoms with E-state index in [2.05, 4.69) is 0 Å². The average molecular weight is 184 g/mol. The van der Waals surface area contributed by atoms with E-state index in [0.29, 0.717) is 0 Å². The number of carbonyl (C=O) groups is 1. The number of rotatable bonds is 0. The third kappa shape index (κ3) is 0.778. The molecule has 3 atom stereocenters. The fourth-order valence-electron chi connectivity index (χ4n) is 2.42. The van der Waals surface area contributed by atoms with Crippen molar-refractivity contribution in [2.75, 3.05) is 0 Å². The van der Waals surface area contributed by atoms with Gasteiger partial charge in [0.05, 0.1) is 6.07 Å². The number of nitrogens with zero attached hydrogens (tertiary/aromatic N) is 1. The van der Waals surface area contributed by atoms with Crippen LogP contribution in [-0.2, 0) is 4.79 Å². The Morgan fingerprint density at radius 2 is 2.17 bits per heavy atom. The highest BCUT2D eigenvalue weighted by atomic mass is 35.5. The van der Waals surface area contributed by atoms with E-state index in [1.165, 1.54) is 0 Å². The fourth-order valence-corrected chi connectivity index (χ4v) is 2.82. The van der Waals surface area contributed by atoms with Crippen LogP contribution >= 0.6 is 11.6 Å². The van der Waals surface area contributed by atoms with Crippen molar-refractivity contribution in [1.29, 1.82) is 5.26 Å². The molecule has 0 aromatic carbocycles. The van der Waals surface area contributed by atoms with Crippen molar-refractivity contribution in [3.63, 3.8) is 0 Å². The van der Waals surface area contributed by atoms with E-state index < -0.39 is 4.87 Å². The van der Waals surface area contributed by atoms with E-state index in [1.54, 1.807) is 0 Å². The predicted molar refractivity (Wildman–Crippen MR) is 44.7 cm³/mol. The van der Waals surface area contributed by atoms with Gasteiger partial charge in [-0.1, -0.05) is 24.4 Å². The Hall–Kier alpha value is -0.550. The van der Waals surface area contributed by atoms with Crippen LogP contribution in [-0.4, -0.2) is 10.7 Å². The first-order valence-electron chi connectivity index (χ1n) is 4.34. The molecule has 0 saturated heterocycles. The second kappa shape index (κ2) is 2.47. The molecule has 2 saturated carbocycles. The van der Waals surface area contributed by atoms with Crippen molar-refractivity contribution in [2.45, 2.75) is 30.6 Å². The summed E-state index contributed by atoms with van der Waals surface area (Å²) >= 11 is 5.91. The monoisotopic (exact) mass is 183 g/mol. The van der Waals surface area contributed by atoms with Crippen LogP contribution in [0, 0.1) is 23.2 Å². The molecule has 3 heteroatoms. The summed E-state index contributed by atoms with van der Waals surface area (Å²) in [6, 6.07) is 1.94. The molecule has 0 heterocycles. The van der Waals surface area contributed by atoms with Crippen LogP contribution in [0.25, 0.3) is 0 Å². The highest BCUT2D eigenvalue weighted by molar-refractivity contribution is 6.40. The summed E-state index contributed by atoms with van der Waals surface area (Å²) in [4.78, 5) is 10.2. The molecule has 2 rings (SSSR count). The molecule has 2 nitrogen and oxygen atoms in total. The second-order valence-corrected chi connectivity index (χ2v) is 4.28. The normalized spacial score (nSPS) is 45.8. The smallest absolute Gasteiger partial charge is 0.192 e. The van der Waals surface area contributed by atoms with Crippen molar-refractivity contribution in [1.82, 2.24) is 0 Å². The van der Waals surface area contributed by atoms with Crippen LogP contribution in [0.3, 0.4) is 0 Å². The summed E-state index contributed by atoms with van der Waals surface area (Å²) in [6.07, 6.45) is 4.13. The summed E-state index contributed by atoms with van der Waals surface area (Å²) in [5.41, 5.74) is 0. The molecule has 0 unspecified atom stereocenters. The Kier molecular flexibility index (Phi) is 1.66. The van der Waals surface area contributed by atoms with Crippen molar-refractivity contribution >= 4 is 17.4 Å². The topological polar surface area (TPSA) is 40.9 Å². The molecule has 2 aliphatic carbocycles. The number of nitriles is 1. The number of fused-ring (bicyclic) bond motifs is 1. The molecular formula is C9H10ClNO. The lowest BCUT2D eigenvalue weighted by Crippen LogP contribution is -2.60. The lowest BCUT2D eigenvalue weighted by molar-refractivity contribution is -0.139. The Morgan fingerprint density at radius 1 is 1.50 bits per heavy atom. The van der Waals surface area contributed by atoms with Gasteiger partial charge in [0.1, 0.15) is 0 Å². The van der Waals surface area contributed by atoms with Crippen LogP contribution in [0.2, 0.25) is 0 Å². The zero-order chi connectivity index (χ0) is 8.77. The van der Waals surface area contributed by atoms with E-state index in [1.807, 2.05) is 6.07 Å². The number of hydrogen-bond acceptors (Lipinski definition) is 2. The van der Waals surface area contributed by atoms with E-state index >= 15 is 0 Å². The van der Waals surface area contributed by atoms with Gasteiger partial charge in [-0.15, -0.1) is 0 Å². The minimum Gasteiger partial charge on any atom is -0.296 e. The van der Waals surface area contributed by atoms with Gasteiger partial charge >= 0.3 is 0 Å². The molecule has 0 bridgehead atoms. The van der Waals surface area contributed by atoms with Crippen LogP contribution in [0.15, 0.2) is 0 Å². The summed E-state index contributed by atoms with van der Waals surface area (Å²) in [5, 5.41) is 8.75. The zero-order valence-electron chi connectivity index (χ0n) is 6.72. The van der Waals surface area contributed by atoms with Gasteiger partial charge in [0, 0.05) is 11.8 Å². The van der Waals surface area contributed by atoms with Gasteiger partial charge in [0.15, 0.2) is 10.7 Å². The lowest BCUT2D eigenvalue weighted by atomic mass is 9.57. The minimum absolute atomic E-state index is 0.0311. The number of ketones is 1. The fraction of sp³-hybridized carbons (Fsp3) is 0.778. The number of hydrogen-bond donors (Lipinski definition) is 0. The highest BCUT2D eigenvalue weighted by Crippen LogP contribution is 2.52. The van der Waals surface area contributed by atoms with Crippen LogP contribution in [0.5, 0.6) is 0 Å². The third-order valence-corrected chi connectivity index (χ3v) is 3.69. The lowest BCUT2D eigenvalue weighted by Gasteiger charge is -2.47. The Labute approximate surface area is 76.5 Å². The van der Waals surface area contributed by atoms with Crippen LogP contribution in [0.4, 0.5) is 0 Å². The van der Waals surface area contributed by atoms with E-state index in [0.717, 1.165) is 25.7 Å². The van der Waals surface area contributed by atoms with Gasteiger partial charge in [0.25, 0.3) is 0 Å². The highest BCUT2D eigenvalue weighted by Gasteiger charge is 2.61. The largest absolute Gasteiger partial charge is 0.296 e. The molecule has 2 aliphatic rings. The Morgan fingerprint density at radius 3 is 2.83 bits per heavy atom. The van der Waals surface area contributed by atoms with Gasteiger partial charge in [-0.05, 0) is 12.8 Å². The Bertz CT molecular complexity index is 270. The SMILES string of the molecule is N#C[C@]1(Cl)C(=O)[C@@H]2CCCC[C@@H]21. The Balaban J connectivity index is 2.22. The molecule has 0 amide bonds. The van der Waals surface area contributed by atoms with Crippen molar-refractivity contribution < 1.29 is 4.79 Å². The van der Waals surface area contributed by atoms with E-state index in [-0.39, 0.29) is 17.6 Å². The third-order valence-electron chi connectivity index (χ3n) is 3.13. The second-order valence-electron chi connectivity index (χ2n) is 3.69. The molecule has 0 aromatic heterocycles. The standard InChI is InChI=1S/C9H10ClNO/c10-9(5-11)7-4-2-1-3-6(7)8(9)12/h6-7H,1-4H2/t6-,7+,9-/m1/s1.